The zero-order chi connectivity index (χ0) is 8.97. The highest BCUT2D eigenvalue weighted by molar-refractivity contribution is 5.05. The van der Waals surface area contributed by atoms with Crippen LogP contribution in [0.4, 0.5) is 0 Å². The van der Waals surface area contributed by atoms with Gasteiger partial charge in [0.15, 0.2) is 24.5 Å². The fourth-order valence-electron chi connectivity index (χ4n) is 0.847. The topological polar surface area (TPSA) is 51.5 Å². The Morgan fingerprint density at radius 1 is 1.25 bits per heavy atom. The summed E-state index contributed by atoms with van der Waals surface area (Å²) in [7, 11) is 0. The molecule has 0 fully saturated rings. The molecule has 0 amide bonds. The van der Waals surface area contributed by atoms with Crippen LogP contribution in [0.1, 0.15) is 11.6 Å². The first kappa shape index (κ1) is 8.23. The monoisotopic (exact) mass is 158 g/mol. The minimum Gasteiger partial charge on any atom is -0.190 e. The van der Waals surface area contributed by atoms with Crippen LogP contribution in [0.3, 0.4) is 0 Å². The molecule has 0 radical (unpaired) electrons. The van der Waals surface area contributed by atoms with Gasteiger partial charge in [-0.25, -0.2) is 0 Å². The van der Waals surface area contributed by atoms with Gasteiger partial charge in [0.1, 0.15) is 0 Å². The van der Waals surface area contributed by atoms with Gasteiger partial charge in [-0.05, 0) is 12.5 Å². The predicted molar refractivity (Wildman–Crippen MR) is 41.6 cm³/mol. The molecule has 0 bridgehead atoms. The zero-order valence-electron chi connectivity index (χ0n) is 6.73. The number of nitriles is 2. The molecule has 1 aromatic heterocycles. The molecule has 1 aromatic rings. The van der Waals surface area contributed by atoms with Gasteiger partial charge in [0.25, 0.3) is 0 Å². The maximum atomic E-state index is 8.56. The molecule has 58 valence electrons. The van der Waals surface area contributed by atoms with Gasteiger partial charge < -0.3 is 0 Å². The van der Waals surface area contributed by atoms with Gasteiger partial charge in [0, 0.05) is 12.1 Å². The molecular weight excluding hydrogens is 150 g/mol. The molecule has 0 aliphatic rings. The molecule has 1 rings (SSSR count). The highest BCUT2D eigenvalue weighted by Crippen LogP contribution is 1.94. The van der Waals surface area contributed by atoms with Crippen LogP contribution in [0.25, 0.3) is 0 Å². The molecule has 0 atom stereocenters. The minimum absolute atomic E-state index is 0.717. The largest absolute Gasteiger partial charge is 0.329 e. The van der Waals surface area contributed by atoms with E-state index in [0.29, 0.717) is 0 Å². The van der Waals surface area contributed by atoms with E-state index >= 15 is 0 Å². The van der Waals surface area contributed by atoms with Crippen LogP contribution in [0.2, 0.25) is 0 Å². The van der Waals surface area contributed by atoms with Crippen LogP contribution in [0.15, 0.2) is 24.5 Å². The summed E-state index contributed by atoms with van der Waals surface area (Å²) in [6.45, 7) is 1.96. The smallest absolute Gasteiger partial charge is 0.190 e. The van der Waals surface area contributed by atoms with E-state index in [-0.39, 0.29) is 0 Å². The van der Waals surface area contributed by atoms with E-state index in [2.05, 4.69) is 0 Å². The van der Waals surface area contributed by atoms with Crippen LogP contribution in [0, 0.1) is 29.6 Å². The number of nitrogens with zero attached hydrogens (tertiary/aromatic N) is 3. The third kappa shape index (κ3) is 1.59. The highest BCUT2D eigenvalue weighted by Gasteiger charge is 2.14. The zero-order valence-corrected chi connectivity index (χ0v) is 6.73. The lowest BCUT2D eigenvalue weighted by atomic mass is 10.3. The van der Waals surface area contributed by atoms with E-state index in [1.54, 1.807) is 17.0 Å². The Kier molecular flexibility index (Phi) is 2.40. The van der Waals surface area contributed by atoms with Crippen LogP contribution in [-0.2, 0) is 0 Å². The summed E-state index contributed by atoms with van der Waals surface area (Å²) in [5.74, 6) is 0. The molecular formula is C9H8N3+. The van der Waals surface area contributed by atoms with Crippen LogP contribution in [-0.4, -0.2) is 0 Å². The molecule has 1 heterocycles. The molecule has 12 heavy (non-hydrogen) atoms. The molecule has 0 N–H and O–H groups in total. The van der Waals surface area contributed by atoms with Gasteiger partial charge in [0.05, 0.1) is 0 Å². The third-order valence-corrected chi connectivity index (χ3v) is 1.56. The van der Waals surface area contributed by atoms with E-state index in [4.69, 9.17) is 10.5 Å². The number of hydrogen-bond acceptors (Lipinski definition) is 2. The summed E-state index contributed by atoms with van der Waals surface area (Å²) < 4.78 is 1.58. The van der Waals surface area contributed by atoms with E-state index in [9.17, 15) is 0 Å². The summed E-state index contributed by atoms with van der Waals surface area (Å²) in [6.07, 6.45) is 3.46. The molecule has 0 saturated carbocycles. The van der Waals surface area contributed by atoms with Crippen molar-refractivity contribution in [3.05, 3.63) is 30.1 Å². The quantitative estimate of drug-likeness (QED) is 0.569. The maximum Gasteiger partial charge on any atom is 0.329 e. The Bertz CT molecular complexity index is 326. The molecule has 3 heteroatoms. The number of aryl methyl sites for hydroxylation is 1. The van der Waals surface area contributed by atoms with Crippen LogP contribution >= 0.6 is 0 Å². The summed E-state index contributed by atoms with van der Waals surface area (Å²) in [4.78, 5) is 0. The second-order valence-corrected chi connectivity index (χ2v) is 2.48. The van der Waals surface area contributed by atoms with Crippen molar-refractivity contribution in [2.24, 2.45) is 0 Å². The average Bonchev–Trinajstić information content (AvgIpc) is 2.10. The van der Waals surface area contributed by atoms with Gasteiger partial charge in [-0.3, -0.25) is 0 Å². The maximum absolute atomic E-state index is 8.56. The fourth-order valence-corrected chi connectivity index (χ4v) is 0.847. The van der Waals surface area contributed by atoms with Gasteiger partial charge in [-0.15, -0.1) is 0 Å². The summed E-state index contributed by atoms with van der Waals surface area (Å²) in [6, 6.07) is 6.79. The molecule has 0 aromatic carbocycles. The van der Waals surface area contributed by atoms with Crippen molar-refractivity contribution >= 4 is 0 Å². The first-order valence-corrected chi connectivity index (χ1v) is 3.54. The Hall–Kier alpha value is -1.87. The number of hydrogen-bond donors (Lipinski definition) is 0. The molecule has 0 unspecified atom stereocenters. The van der Waals surface area contributed by atoms with Crippen molar-refractivity contribution in [1.29, 1.82) is 10.5 Å². The Morgan fingerprint density at radius 3 is 2.17 bits per heavy atom. The van der Waals surface area contributed by atoms with Crippen molar-refractivity contribution in [3.8, 4) is 12.1 Å². The minimum atomic E-state index is -0.717. The fraction of sp³-hybridized carbons (Fsp3) is 0.222. The summed E-state index contributed by atoms with van der Waals surface area (Å²) >= 11 is 0. The van der Waals surface area contributed by atoms with Crippen molar-refractivity contribution in [3.63, 3.8) is 0 Å². The Labute approximate surface area is 71.1 Å². The number of aromatic nitrogens is 1. The molecule has 0 aliphatic carbocycles. The van der Waals surface area contributed by atoms with Crippen molar-refractivity contribution in [2.75, 3.05) is 0 Å². The third-order valence-electron chi connectivity index (χ3n) is 1.56. The second-order valence-electron chi connectivity index (χ2n) is 2.48. The van der Waals surface area contributed by atoms with Gasteiger partial charge >= 0.3 is 6.04 Å². The Balaban J connectivity index is 2.99. The summed E-state index contributed by atoms with van der Waals surface area (Å²) in [5, 5.41) is 17.1. The SMILES string of the molecule is Cc1cc[n+](C(C#N)C#N)cc1. The Morgan fingerprint density at radius 2 is 1.75 bits per heavy atom. The molecule has 0 saturated heterocycles. The summed E-state index contributed by atoms with van der Waals surface area (Å²) in [5.41, 5.74) is 1.11. The predicted octanol–water partition coefficient (Wildman–Crippen LogP) is 0.871. The van der Waals surface area contributed by atoms with E-state index < -0.39 is 6.04 Å². The van der Waals surface area contributed by atoms with E-state index in [0.717, 1.165) is 5.56 Å². The second kappa shape index (κ2) is 3.50. The average molecular weight is 158 g/mol. The van der Waals surface area contributed by atoms with Gasteiger partial charge in [-0.1, -0.05) is 0 Å². The standard InChI is InChI=1S/C9H8N3/c1-8-2-4-12(5-3-8)9(6-10)7-11/h2-5,9H,1H3/q+1. The first-order chi connectivity index (χ1) is 5.77. The normalized spacial score (nSPS) is 9.00. The van der Waals surface area contributed by atoms with Crippen molar-refractivity contribution in [1.82, 2.24) is 0 Å². The van der Waals surface area contributed by atoms with Crippen molar-refractivity contribution in [2.45, 2.75) is 13.0 Å². The van der Waals surface area contributed by atoms with Crippen LogP contribution < -0.4 is 4.57 Å². The van der Waals surface area contributed by atoms with Gasteiger partial charge in [0.2, 0.25) is 0 Å². The van der Waals surface area contributed by atoms with Gasteiger partial charge in [-0.2, -0.15) is 15.1 Å². The van der Waals surface area contributed by atoms with Crippen LogP contribution in [0.5, 0.6) is 0 Å². The van der Waals surface area contributed by atoms with E-state index in [1.165, 1.54) is 0 Å². The number of pyridine rings is 1. The lowest BCUT2D eigenvalue weighted by Crippen LogP contribution is -2.36. The lowest BCUT2D eigenvalue weighted by Gasteiger charge is -1.94. The molecule has 0 aliphatic heterocycles. The van der Waals surface area contributed by atoms with E-state index in [1.807, 2.05) is 31.2 Å². The highest BCUT2D eigenvalue weighted by atomic mass is 15.0. The van der Waals surface area contributed by atoms with Crippen molar-refractivity contribution < 1.29 is 4.57 Å². The number of rotatable bonds is 1. The first-order valence-electron chi connectivity index (χ1n) is 3.54. The lowest BCUT2D eigenvalue weighted by molar-refractivity contribution is -0.697. The molecule has 0 spiro atoms. The molecule has 3 nitrogen and oxygen atoms in total.